The predicted molar refractivity (Wildman–Crippen MR) is 112 cm³/mol. The van der Waals surface area contributed by atoms with Gasteiger partial charge >= 0.3 is 0 Å². The molecule has 2 aliphatic rings. The van der Waals surface area contributed by atoms with Gasteiger partial charge in [0.1, 0.15) is 17.1 Å². The van der Waals surface area contributed by atoms with Crippen molar-refractivity contribution in [2.45, 2.75) is 57.9 Å². The highest BCUT2D eigenvalue weighted by atomic mass is 32.2. The zero-order valence-corrected chi connectivity index (χ0v) is 17.8. The van der Waals surface area contributed by atoms with E-state index in [1.165, 1.54) is 12.0 Å². The molecule has 1 unspecified atom stereocenters. The molecule has 7 heteroatoms. The molecule has 2 heterocycles. The van der Waals surface area contributed by atoms with E-state index in [4.69, 9.17) is 9.15 Å². The van der Waals surface area contributed by atoms with Crippen molar-refractivity contribution in [3.05, 3.63) is 29.5 Å². The van der Waals surface area contributed by atoms with E-state index >= 15 is 0 Å². The fourth-order valence-electron chi connectivity index (χ4n) is 4.42. The minimum Gasteiger partial charge on any atom is -0.484 e. The quantitative estimate of drug-likeness (QED) is 0.686. The third kappa shape index (κ3) is 4.44. The SMILES string of the molecule is CCCCN(C(=O)COc1ccc2oc3c(c2c1)CCCC3)C1CCS(=O)(=O)C1. The first-order valence-corrected chi connectivity index (χ1v) is 12.5. The van der Waals surface area contributed by atoms with Crippen LogP contribution in [0.1, 0.15) is 50.4 Å². The van der Waals surface area contributed by atoms with E-state index in [1.54, 1.807) is 4.90 Å². The van der Waals surface area contributed by atoms with Crippen molar-refractivity contribution in [3.8, 4) is 5.75 Å². The van der Waals surface area contributed by atoms with E-state index in [-0.39, 0.29) is 30.1 Å². The molecule has 0 saturated carbocycles. The number of ether oxygens (including phenoxy) is 1. The van der Waals surface area contributed by atoms with Gasteiger partial charge in [-0.15, -0.1) is 0 Å². The van der Waals surface area contributed by atoms with Crippen molar-refractivity contribution in [1.29, 1.82) is 0 Å². The van der Waals surface area contributed by atoms with E-state index < -0.39 is 9.84 Å². The average molecular weight is 420 g/mol. The number of rotatable bonds is 7. The molecule has 1 aromatic carbocycles. The van der Waals surface area contributed by atoms with E-state index in [2.05, 4.69) is 6.92 Å². The van der Waals surface area contributed by atoms with Crippen LogP contribution in [0.5, 0.6) is 5.75 Å². The number of unbranched alkanes of at least 4 members (excludes halogenated alkanes) is 1. The lowest BCUT2D eigenvalue weighted by Gasteiger charge is -2.28. The topological polar surface area (TPSA) is 76.8 Å². The second-order valence-electron chi connectivity index (χ2n) is 8.16. The first-order chi connectivity index (χ1) is 14.0. The Morgan fingerprint density at radius 2 is 2.10 bits per heavy atom. The van der Waals surface area contributed by atoms with Gasteiger partial charge < -0.3 is 14.1 Å². The minimum atomic E-state index is -3.04. The molecular formula is C22H29NO5S. The summed E-state index contributed by atoms with van der Waals surface area (Å²) >= 11 is 0. The molecule has 1 amide bonds. The Hall–Kier alpha value is -2.02. The molecule has 0 bridgehead atoms. The van der Waals surface area contributed by atoms with E-state index in [9.17, 15) is 13.2 Å². The van der Waals surface area contributed by atoms with Crippen molar-refractivity contribution in [2.75, 3.05) is 24.7 Å². The molecule has 29 heavy (non-hydrogen) atoms. The summed E-state index contributed by atoms with van der Waals surface area (Å²) in [6.45, 7) is 2.56. The Bertz CT molecular complexity index is 994. The summed E-state index contributed by atoms with van der Waals surface area (Å²) in [5, 5.41) is 1.08. The van der Waals surface area contributed by atoms with Crippen molar-refractivity contribution < 1.29 is 22.4 Å². The first kappa shape index (κ1) is 20.3. The molecule has 0 radical (unpaired) electrons. The Morgan fingerprint density at radius 3 is 2.86 bits per heavy atom. The van der Waals surface area contributed by atoms with Crippen LogP contribution < -0.4 is 4.74 Å². The fourth-order valence-corrected chi connectivity index (χ4v) is 6.15. The third-order valence-electron chi connectivity index (χ3n) is 6.01. The number of nitrogens with zero attached hydrogens (tertiary/aromatic N) is 1. The number of hydrogen-bond donors (Lipinski definition) is 0. The van der Waals surface area contributed by atoms with Gasteiger partial charge in [0.25, 0.3) is 5.91 Å². The van der Waals surface area contributed by atoms with Gasteiger partial charge in [-0.1, -0.05) is 13.3 Å². The summed E-state index contributed by atoms with van der Waals surface area (Å²) in [4.78, 5) is 14.6. The molecule has 1 saturated heterocycles. The average Bonchev–Trinajstić information content (AvgIpc) is 3.26. The third-order valence-corrected chi connectivity index (χ3v) is 7.76. The molecular weight excluding hydrogens is 390 g/mol. The molecule has 0 spiro atoms. The number of hydrogen-bond acceptors (Lipinski definition) is 5. The van der Waals surface area contributed by atoms with Crippen LogP contribution in [0.25, 0.3) is 11.0 Å². The van der Waals surface area contributed by atoms with Gasteiger partial charge in [0, 0.05) is 30.0 Å². The van der Waals surface area contributed by atoms with Gasteiger partial charge in [-0.3, -0.25) is 4.79 Å². The standard InChI is InChI=1S/C22H29NO5S/c1-2-3-11-23(16-10-12-29(25,26)15-16)22(24)14-27-17-8-9-21-19(13-17)18-6-4-5-7-20(18)28-21/h8-9,13,16H,2-7,10-12,14-15H2,1H3. The van der Waals surface area contributed by atoms with Crippen LogP contribution in [0.15, 0.2) is 22.6 Å². The Morgan fingerprint density at radius 1 is 1.28 bits per heavy atom. The molecule has 1 aliphatic heterocycles. The highest BCUT2D eigenvalue weighted by molar-refractivity contribution is 7.91. The molecule has 1 atom stereocenters. The molecule has 1 aromatic heterocycles. The summed E-state index contributed by atoms with van der Waals surface area (Å²) in [5.41, 5.74) is 2.14. The highest BCUT2D eigenvalue weighted by Crippen LogP contribution is 2.34. The van der Waals surface area contributed by atoms with Crippen LogP contribution in [0, 0.1) is 0 Å². The van der Waals surface area contributed by atoms with E-state index in [0.29, 0.717) is 18.7 Å². The number of carbonyl (C=O) groups is 1. The van der Waals surface area contributed by atoms with Crippen LogP contribution >= 0.6 is 0 Å². The predicted octanol–water partition coefficient (Wildman–Crippen LogP) is 3.51. The maximum atomic E-state index is 12.9. The van der Waals surface area contributed by atoms with Gasteiger partial charge in [-0.25, -0.2) is 8.42 Å². The van der Waals surface area contributed by atoms with Gasteiger partial charge in [-0.05, 0) is 50.3 Å². The van der Waals surface area contributed by atoms with Crippen LogP contribution in [-0.4, -0.2) is 49.9 Å². The zero-order chi connectivity index (χ0) is 20.4. The van der Waals surface area contributed by atoms with Crippen molar-refractivity contribution in [1.82, 2.24) is 4.90 Å². The van der Waals surface area contributed by atoms with Gasteiger partial charge in [0.15, 0.2) is 16.4 Å². The Labute approximate surface area is 172 Å². The smallest absolute Gasteiger partial charge is 0.260 e. The van der Waals surface area contributed by atoms with Gasteiger partial charge in [-0.2, -0.15) is 0 Å². The van der Waals surface area contributed by atoms with Crippen molar-refractivity contribution in [3.63, 3.8) is 0 Å². The second kappa shape index (κ2) is 8.38. The zero-order valence-electron chi connectivity index (χ0n) is 17.0. The lowest BCUT2D eigenvalue weighted by Crippen LogP contribution is -2.44. The first-order valence-electron chi connectivity index (χ1n) is 10.6. The summed E-state index contributed by atoms with van der Waals surface area (Å²) < 4.78 is 35.5. The molecule has 4 rings (SSSR count). The van der Waals surface area contributed by atoms with Crippen molar-refractivity contribution >= 4 is 26.7 Å². The summed E-state index contributed by atoms with van der Waals surface area (Å²) in [6, 6.07) is 5.48. The summed E-state index contributed by atoms with van der Waals surface area (Å²) in [6.07, 6.45) is 6.66. The van der Waals surface area contributed by atoms with Crippen LogP contribution in [-0.2, 0) is 27.5 Å². The largest absolute Gasteiger partial charge is 0.484 e. The van der Waals surface area contributed by atoms with Crippen LogP contribution in [0.2, 0.25) is 0 Å². The lowest BCUT2D eigenvalue weighted by atomic mass is 9.96. The number of benzene rings is 1. The number of fused-ring (bicyclic) bond motifs is 3. The van der Waals surface area contributed by atoms with Gasteiger partial charge in [0.2, 0.25) is 0 Å². The summed E-state index contributed by atoms with van der Waals surface area (Å²) in [5.74, 6) is 1.81. The van der Waals surface area contributed by atoms with Crippen LogP contribution in [0.3, 0.4) is 0 Å². The lowest BCUT2D eigenvalue weighted by molar-refractivity contribution is -0.135. The number of sulfone groups is 1. The Kier molecular flexibility index (Phi) is 5.86. The maximum Gasteiger partial charge on any atom is 0.260 e. The number of amides is 1. The number of carbonyl (C=O) groups excluding carboxylic acids is 1. The highest BCUT2D eigenvalue weighted by Gasteiger charge is 2.34. The van der Waals surface area contributed by atoms with E-state index in [0.717, 1.165) is 48.8 Å². The molecule has 6 nitrogen and oxygen atoms in total. The van der Waals surface area contributed by atoms with E-state index in [1.807, 2.05) is 18.2 Å². The molecule has 1 fully saturated rings. The second-order valence-corrected chi connectivity index (χ2v) is 10.4. The molecule has 0 N–H and O–H groups in total. The fraction of sp³-hybridized carbons (Fsp3) is 0.591. The maximum absolute atomic E-state index is 12.9. The molecule has 1 aliphatic carbocycles. The molecule has 158 valence electrons. The monoisotopic (exact) mass is 419 g/mol. The van der Waals surface area contributed by atoms with Gasteiger partial charge in [0.05, 0.1) is 11.5 Å². The van der Waals surface area contributed by atoms with Crippen LogP contribution in [0.4, 0.5) is 0 Å². The Balaban J connectivity index is 1.45. The normalized spacial score (nSPS) is 20.5. The number of aryl methyl sites for hydroxylation is 2. The molecule has 2 aromatic rings. The number of furan rings is 1. The summed E-state index contributed by atoms with van der Waals surface area (Å²) in [7, 11) is -3.04. The minimum absolute atomic E-state index is 0.0650. The van der Waals surface area contributed by atoms with Crippen molar-refractivity contribution in [2.24, 2.45) is 0 Å².